The lowest BCUT2D eigenvalue weighted by Gasteiger charge is -2.35. The highest BCUT2D eigenvalue weighted by atomic mass is 35.5. The van der Waals surface area contributed by atoms with Crippen LogP contribution in [0.15, 0.2) is 54.6 Å². The fourth-order valence-corrected chi connectivity index (χ4v) is 4.68. The smallest absolute Gasteiger partial charge is 0.236 e. The van der Waals surface area contributed by atoms with Crippen molar-refractivity contribution in [3.05, 3.63) is 87.7 Å². The van der Waals surface area contributed by atoms with E-state index >= 15 is 0 Å². The molecule has 0 aliphatic carbocycles. The summed E-state index contributed by atoms with van der Waals surface area (Å²) in [5.74, 6) is 0.147. The molecule has 0 N–H and O–H groups in total. The molecule has 1 fully saturated rings. The van der Waals surface area contributed by atoms with Gasteiger partial charge in [-0.1, -0.05) is 60.1 Å². The van der Waals surface area contributed by atoms with Crippen LogP contribution >= 0.6 is 11.6 Å². The molecular formula is C27H34ClN5O. The van der Waals surface area contributed by atoms with Crippen molar-refractivity contribution in [1.29, 1.82) is 0 Å². The summed E-state index contributed by atoms with van der Waals surface area (Å²) < 4.78 is 1.98. The van der Waals surface area contributed by atoms with E-state index in [4.69, 9.17) is 16.7 Å². The van der Waals surface area contributed by atoms with E-state index in [2.05, 4.69) is 47.1 Å². The molecule has 2 aromatic carbocycles. The molecule has 6 nitrogen and oxygen atoms in total. The Balaban J connectivity index is 1.29. The molecule has 1 aliphatic heterocycles. The van der Waals surface area contributed by atoms with Crippen molar-refractivity contribution in [2.75, 3.05) is 39.8 Å². The number of rotatable bonds is 8. The normalized spacial score (nSPS) is 14.9. The molecule has 1 aromatic heterocycles. The van der Waals surface area contributed by atoms with Gasteiger partial charge in [-0.2, -0.15) is 5.10 Å². The molecular weight excluding hydrogens is 446 g/mol. The number of halogens is 1. The number of aromatic nitrogens is 2. The number of benzene rings is 2. The van der Waals surface area contributed by atoms with E-state index in [-0.39, 0.29) is 5.91 Å². The van der Waals surface area contributed by atoms with Gasteiger partial charge in [-0.05, 0) is 31.0 Å². The third-order valence-corrected chi connectivity index (χ3v) is 7.07. The van der Waals surface area contributed by atoms with Gasteiger partial charge in [0.15, 0.2) is 0 Å². The third kappa shape index (κ3) is 6.06. The summed E-state index contributed by atoms with van der Waals surface area (Å²) in [6.45, 7) is 10.5. The zero-order valence-electron chi connectivity index (χ0n) is 20.4. The molecule has 0 unspecified atom stereocenters. The highest BCUT2D eigenvalue weighted by Gasteiger charge is 2.22. The fourth-order valence-electron chi connectivity index (χ4n) is 4.49. The van der Waals surface area contributed by atoms with E-state index in [1.807, 2.05) is 47.8 Å². The predicted octanol–water partition coefficient (Wildman–Crippen LogP) is 3.98. The van der Waals surface area contributed by atoms with Gasteiger partial charge in [0.25, 0.3) is 0 Å². The van der Waals surface area contributed by atoms with Gasteiger partial charge in [0.05, 0.1) is 18.8 Å². The molecule has 1 amide bonds. The van der Waals surface area contributed by atoms with Gasteiger partial charge in [0.1, 0.15) is 0 Å². The fraction of sp³-hybridized carbons (Fsp3) is 0.407. The van der Waals surface area contributed by atoms with Crippen LogP contribution in [0.25, 0.3) is 0 Å². The second-order valence-electron chi connectivity index (χ2n) is 9.19. The maximum absolute atomic E-state index is 13.0. The minimum Gasteiger partial charge on any atom is -0.340 e. The van der Waals surface area contributed by atoms with Crippen LogP contribution in [-0.4, -0.2) is 70.2 Å². The van der Waals surface area contributed by atoms with Crippen molar-refractivity contribution in [1.82, 2.24) is 24.5 Å². The first-order valence-corrected chi connectivity index (χ1v) is 12.3. The molecule has 1 saturated heterocycles. The number of likely N-dealkylation sites (N-methyl/N-ethyl adjacent to an activating group) is 1. The maximum Gasteiger partial charge on any atom is 0.236 e. The molecule has 7 heteroatoms. The Morgan fingerprint density at radius 3 is 2.29 bits per heavy atom. The Bertz CT molecular complexity index is 1110. The summed E-state index contributed by atoms with van der Waals surface area (Å²) in [6, 6.07) is 18.4. The highest BCUT2D eigenvalue weighted by molar-refractivity contribution is 6.31. The Morgan fingerprint density at radius 1 is 0.941 bits per heavy atom. The minimum absolute atomic E-state index is 0.147. The molecule has 1 aliphatic rings. The number of piperazine rings is 1. The van der Waals surface area contributed by atoms with Crippen LogP contribution in [0.1, 0.15) is 28.1 Å². The van der Waals surface area contributed by atoms with E-state index < -0.39 is 0 Å². The lowest BCUT2D eigenvalue weighted by atomic mass is 10.1. The van der Waals surface area contributed by atoms with E-state index in [0.29, 0.717) is 19.6 Å². The number of aryl methyl sites for hydroxylation is 1. The zero-order chi connectivity index (χ0) is 24.1. The summed E-state index contributed by atoms with van der Waals surface area (Å²) in [4.78, 5) is 19.5. The van der Waals surface area contributed by atoms with Gasteiger partial charge < -0.3 is 4.90 Å². The van der Waals surface area contributed by atoms with E-state index in [1.165, 1.54) is 5.56 Å². The van der Waals surface area contributed by atoms with Gasteiger partial charge in [0.2, 0.25) is 5.91 Å². The van der Waals surface area contributed by atoms with Gasteiger partial charge in [0, 0.05) is 62.6 Å². The van der Waals surface area contributed by atoms with Crippen LogP contribution in [0.2, 0.25) is 5.02 Å². The third-order valence-electron chi connectivity index (χ3n) is 6.70. The molecule has 3 aromatic rings. The summed E-state index contributed by atoms with van der Waals surface area (Å²) in [5, 5.41) is 5.46. The topological polar surface area (TPSA) is 44.6 Å². The quantitative estimate of drug-likeness (QED) is 0.490. The molecule has 0 radical (unpaired) electrons. The summed E-state index contributed by atoms with van der Waals surface area (Å²) >= 11 is 6.34. The standard InChI is InChI=1S/C27H34ClN5O/c1-21-25(22(2)33(29-21)18-24-11-7-8-12-26(24)28)19-30(3)27(34)20-32-15-13-31(14-16-32)17-23-9-5-4-6-10-23/h4-12H,13-20H2,1-3H3. The Morgan fingerprint density at radius 2 is 1.59 bits per heavy atom. The van der Waals surface area contributed by atoms with Gasteiger partial charge >= 0.3 is 0 Å². The molecule has 180 valence electrons. The van der Waals surface area contributed by atoms with Crippen molar-refractivity contribution in [2.45, 2.75) is 33.5 Å². The van der Waals surface area contributed by atoms with Gasteiger partial charge in [-0.25, -0.2) is 0 Å². The van der Waals surface area contributed by atoms with Crippen LogP contribution in [-0.2, 0) is 24.4 Å². The predicted molar refractivity (Wildman–Crippen MR) is 137 cm³/mol. The molecule has 34 heavy (non-hydrogen) atoms. The molecule has 0 saturated carbocycles. The SMILES string of the molecule is Cc1nn(Cc2ccccc2Cl)c(C)c1CN(C)C(=O)CN1CCN(Cc2ccccc2)CC1. The Hall–Kier alpha value is -2.67. The minimum atomic E-state index is 0.147. The number of carbonyl (C=O) groups is 1. The molecule has 2 heterocycles. The number of amides is 1. The summed E-state index contributed by atoms with van der Waals surface area (Å²) in [7, 11) is 1.89. The molecule has 0 atom stereocenters. The van der Waals surface area contributed by atoms with E-state index in [1.54, 1.807) is 0 Å². The largest absolute Gasteiger partial charge is 0.340 e. The van der Waals surface area contributed by atoms with E-state index in [0.717, 1.165) is 60.3 Å². The van der Waals surface area contributed by atoms with Crippen molar-refractivity contribution in [3.8, 4) is 0 Å². The van der Waals surface area contributed by atoms with Crippen molar-refractivity contribution >= 4 is 17.5 Å². The van der Waals surface area contributed by atoms with Gasteiger partial charge in [-0.15, -0.1) is 0 Å². The van der Waals surface area contributed by atoms with E-state index in [9.17, 15) is 4.79 Å². The monoisotopic (exact) mass is 479 g/mol. The first-order valence-electron chi connectivity index (χ1n) is 11.9. The van der Waals surface area contributed by atoms with Gasteiger partial charge in [-0.3, -0.25) is 19.3 Å². The van der Waals surface area contributed by atoms with Crippen molar-refractivity contribution in [2.24, 2.45) is 0 Å². The molecule has 0 bridgehead atoms. The lowest BCUT2D eigenvalue weighted by Crippen LogP contribution is -2.49. The van der Waals surface area contributed by atoms with Crippen LogP contribution in [0.4, 0.5) is 0 Å². The molecule has 4 rings (SSSR count). The Kier molecular flexibility index (Phi) is 8.03. The average molecular weight is 480 g/mol. The number of hydrogen-bond donors (Lipinski definition) is 0. The second-order valence-corrected chi connectivity index (χ2v) is 9.59. The van der Waals surface area contributed by atoms with Crippen LogP contribution in [0.3, 0.4) is 0 Å². The zero-order valence-corrected chi connectivity index (χ0v) is 21.1. The highest BCUT2D eigenvalue weighted by Crippen LogP contribution is 2.20. The first kappa shape index (κ1) is 24.5. The van der Waals surface area contributed by atoms with Crippen LogP contribution in [0, 0.1) is 13.8 Å². The summed E-state index contributed by atoms with van der Waals surface area (Å²) in [5.41, 5.74) is 5.52. The first-order chi connectivity index (χ1) is 16.4. The molecule has 0 spiro atoms. The second kappa shape index (κ2) is 11.2. The van der Waals surface area contributed by atoms with Crippen LogP contribution < -0.4 is 0 Å². The number of hydrogen-bond acceptors (Lipinski definition) is 4. The summed E-state index contributed by atoms with van der Waals surface area (Å²) in [6.07, 6.45) is 0. The lowest BCUT2D eigenvalue weighted by molar-refractivity contribution is -0.132. The number of nitrogens with zero attached hydrogens (tertiary/aromatic N) is 5. The maximum atomic E-state index is 13.0. The number of carbonyl (C=O) groups excluding carboxylic acids is 1. The van der Waals surface area contributed by atoms with Crippen molar-refractivity contribution < 1.29 is 4.79 Å². The Labute approximate surface area is 207 Å². The average Bonchev–Trinajstić information content (AvgIpc) is 3.09. The van der Waals surface area contributed by atoms with Crippen LogP contribution in [0.5, 0.6) is 0 Å². The van der Waals surface area contributed by atoms with Crippen molar-refractivity contribution in [3.63, 3.8) is 0 Å².